The van der Waals surface area contributed by atoms with Gasteiger partial charge in [0.25, 0.3) is 0 Å². The van der Waals surface area contributed by atoms with Crippen LogP contribution in [0.1, 0.15) is 36.5 Å². The zero-order valence-electron chi connectivity index (χ0n) is 17.2. The van der Waals surface area contributed by atoms with Gasteiger partial charge in [-0.05, 0) is 43.4 Å². The molecule has 154 valence electrons. The molecule has 5 nitrogen and oxygen atoms in total. The fourth-order valence-corrected chi connectivity index (χ4v) is 4.22. The van der Waals surface area contributed by atoms with Crippen LogP contribution in [0.5, 0.6) is 0 Å². The van der Waals surface area contributed by atoms with E-state index in [-0.39, 0.29) is 19.2 Å². The van der Waals surface area contributed by atoms with Crippen LogP contribution in [0, 0.1) is 0 Å². The van der Waals surface area contributed by atoms with Crippen molar-refractivity contribution in [2.75, 3.05) is 13.2 Å². The lowest BCUT2D eigenvalue weighted by Crippen LogP contribution is -2.30. The molecule has 4 rings (SSSR count). The summed E-state index contributed by atoms with van der Waals surface area (Å²) in [6.45, 7) is 4.10. The second kappa shape index (κ2) is 8.57. The minimum absolute atomic E-state index is 0.199. The molecule has 0 saturated heterocycles. The molecule has 30 heavy (non-hydrogen) atoms. The molecule has 0 saturated carbocycles. The monoisotopic (exact) mass is 403 g/mol. The Kier molecular flexibility index (Phi) is 5.70. The van der Waals surface area contributed by atoms with Crippen molar-refractivity contribution in [3.8, 4) is 0 Å². The second-order valence-electron chi connectivity index (χ2n) is 7.47. The van der Waals surface area contributed by atoms with Gasteiger partial charge in [0.1, 0.15) is 6.61 Å². The van der Waals surface area contributed by atoms with Gasteiger partial charge in [-0.25, -0.2) is 9.59 Å². The van der Waals surface area contributed by atoms with E-state index < -0.39 is 11.9 Å². The van der Waals surface area contributed by atoms with E-state index in [1.165, 1.54) is 5.56 Å². The Morgan fingerprint density at radius 2 is 1.83 bits per heavy atom. The molecule has 2 heterocycles. The molecule has 2 aliphatic rings. The molecule has 1 N–H and O–H groups in total. The maximum absolute atomic E-state index is 12.9. The molecule has 0 amide bonds. The van der Waals surface area contributed by atoms with Gasteiger partial charge >= 0.3 is 11.9 Å². The Hall–Kier alpha value is -3.34. The maximum Gasteiger partial charge on any atom is 0.337 e. The number of nitrogens with one attached hydrogen (secondary N) is 1. The van der Waals surface area contributed by atoms with Crippen molar-refractivity contribution < 1.29 is 19.1 Å². The Bertz CT molecular complexity index is 1040. The zero-order valence-corrected chi connectivity index (χ0v) is 17.2. The van der Waals surface area contributed by atoms with Gasteiger partial charge < -0.3 is 14.8 Å². The van der Waals surface area contributed by atoms with E-state index in [1.807, 2.05) is 43.3 Å². The summed E-state index contributed by atoms with van der Waals surface area (Å²) in [7, 11) is 0. The van der Waals surface area contributed by atoms with Crippen LogP contribution in [0.25, 0.3) is 0 Å². The van der Waals surface area contributed by atoms with Crippen molar-refractivity contribution in [3.63, 3.8) is 0 Å². The molecular weight excluding hydrogens is 378 g/mol. The average molecular weight is 403 g/mol. The summed E-state index contributed by atoms with van der Waals surface area (Å²) in [5.41, 5.74) is 5.72. The molecule has 0 aliphatic carbocycles. The van der Waals surface area contributed by atoms with Crippen molar-refractivity contribution in [2.24, 2.45) is 0 Å². The number of ether oxygens (including phenoxy) is 2. The molecule has 2 aliphatic heterocycles. The number of carbonyl (C=O) groups is 2. The normalized spacial score (nSPS) is 18.1. The van der Waals surface area contributed by atoms with Gasteiger partial charge in [-0.2, -0.15) is 0 Å². The Balaban J connectivity index is 1.76. The van der Waals surface area contributed by atoms with Gasteiger partial charge in [-0.1, -0.05) is 54.6 Å². The van der Waals surface area contributed by atoms with Gasteiger partial charge in [-0.3, -0.25) is 0 Å². The van der Waals surface area contributed by atoms with Gasteiger partial charge in [0, 0.05) is 5.70 Å². The summed E-state index contributed by atoms with van der Waals surface area (Å²) in [5.74, 6) is -1.28. The molecule has 0 unspecified atom stereocenters. The number of benzene rings is 2. The second-order valence-corrected chi connectivity index (χ2v) is 7.47. The summed E-state index contributed by atoms with van der Waals surface area (Å²) < 4.78 is 10.6. The van der Waals surface area contributed by atoms with E-state index in [0.29, 0.717) is 16.8 Å². The number of esters is 2. The van der Waals surface area contributed by atoms with Gasteiger partial charge in [0.05, 0.1) is 29.4 Å². The van der Waals surface area contributed by atoms with Crippen LogP contribution in [0.4, 0.5) is 0 Å². The maximum atomic E-state index is 12.9. The highest BCUT2D eigenvalue weighted by atomic mass is 16.5. The molecule has 2 aromatic carbocycles. The van der Waals surface area contributed by atoms with Crippen molar-refractivity contribution in [1.29, 1.82) is 0 Å². The summed E-state index contributed by atoms with van der Waals surface area (Å²) in [5, 5.41) is 3.19. The first kappa shape index (κ1) is 20.0. The first-order valence-corrected chi connectivity index (χ1v) is 10.3. The van der Waals surface area contributed by atoms with Gasteiger partial charge in [0.15, 0.2) is 0 Å². The first-order chi connectivity index (χ1) is 14.6. The third kappa shape index (κ3) is 3.75. The zero-order chi connectivity index (χ0) is 21.1. The number of cyclic esters (lactones) is 1. The standard InChI is InChI=1S/C25H25NO4/c1-3-29-24(27)21-16(2)26-20-15-30-25(28)23(20)22(21)19-12-8-7-11-18(19)14-13-17-9-5-4-6-10-17/h4-12,22,26H,3,13-15H2,1-2H3/t22-/m0/s1. The number of aryl methyl sites for hydroxylation is 2. The summed E-state index contributed by atoms with van der Waals surface area (Å²) in [6.07, 6.45) is 1.67. The first-order valence-electron chi connectivity index (χ1n) is 10.3. The Labute approximate surface area is 176 Å². The minimum atomic E-state index is -0.498. The number of hydrogen-bond acceptors (Lipinski definition) is 5. The van der Waals surface area contributed by atoms with Crippen LogP contribution in [-0.2, 0) is 31.9 Å². The highest BCUT2D eigenvalue weighted by molar-refractivity contribution is 6.01. The number of dihydropyridines is 1. The highest BCUT2D eigenvalue weighted by Crippen LogP contribution is 2.42. The van der Waals surface area contributed by atoms with Gasteiger partial charge in [0.2, 0.25) is 0 Å². The minimum Gasteiger partial charge on any atom is -0.463 e. The largest absolute Gasteiger partial charge is 0.463 e. The van der Waals surface area contributed by atoms with Crippen LogP contribution in [0.3, 0.4) is 0 Å². The number of hydrogen-bond donors (Lipinski definition) is 1. The van der Waals surface area contributed by atoms with Crippen molar-refractivity contribution in [3.05, 3.63) is 93.8 Å². The Morgan fingerprint density at radius 1 is 1.10 bits per heavy atom. The van der Waals surface area contributed by atoms with Crippen LogP contribution in [0.2, 0.25) is 0 Å². The quantitative estimate of drug-likeness (QED) is 0.743. The SMILES string of the molecule is CCOC(=O)C1=C(C)NC2=C(C(=O)OC2)[C@H]1c1ccccc1CCc1ccccc1. The van der Waals surface area contributed by atoms with E-state index in [0.717, 1.165) is 29.7 Å². The third-order valence-corrected chi connectivity index (χ3v) is 5.60. The van der Waals surface area contributed by atoms with Crippen molar-refractivity contribution in [2.45, 2.75) is 32.6 Å². The lowest BCUT2D eigenvalue weighted by molar-refractivity contribution is -0.138. The molecule has 0 bridgehead atoms. The van der Waals surface area contributed by atoms with E-state index in [4.69, 9.17) is 9.47 Å². The molecule has 1 atom stereocenters. The molecular formula is C25H25NO4. The summed E-state index contributed by atoms with van der Waals surface area (Å²) in [4.78, 5) is 25.5. The van der Waals surface area contributed by atoms with E-state index in [2.05, 4.69) is 23.5 Å². The number of allylic oxidation sites excluding steroid dienone is 1. The van der Waals surface area contributed by atoms with Crippen LogP contribution in [0.15, 0.2) is 77.1 Å². The van der Waals surface area contributed by atoms with E-state index in [9.17, 15) is 9.59 Å². The molecule has 0 spiro atoms. The number of carbonyl (C=O) groups excluding carboxylic acids is 2. The average Bonchev–Trinajstić information content (AvgIpc) is 3.12. The topological polar surface area (TPSA) is 64.6 Å². The molecule has 2 aromatic rings. The molecule has 0 radical (unpaired) electrons. The summed E-state index contributed by atoms with van der Waals surface area (Å²) >= 11 is 0. The van der Waals surface area contributed by atoms with Crippen molar-refractivity contribution >= 4 is 11.9 Å². The van der Waals surface area contributed by atoms with E-state index in [1.54, 1.807) is 6.92 Å². The molecule has 0 fully saturated rings. The van der Waals surface area contributed by atoms with Crippen LogP contribution in [-0.4, -0.2) is 25.2 Å². The van der Waals surface area contributed by atoms with Crippen molar-refractivity contribution in [1.82, 2.24) is 5.32 Å². The molecule has 5 heteroatoms. The Morgan fingerprint density at radius 3 is 2.60 bits per heavy atom. The van der Waals surface area contributed by atoms with Crippen LogP contribution >= 0.6 is 0 Å². The molecule has 0 aromatic heterocycles. The fourth-order valence-electron chi connectivity index (χ4n) is 4.22. The smallest absolute Gasteiger partial charge is 0.337 e. The third-order valence-electron chi connectivity index (χ3n) is 5.60. The lowest BCUT2D eigenvalue weighted by Gasteiger charge is -2.29. The highest BCUT2D eigenvalue weighted by Gasteiger charge is 2.42. The van der Waals surface area contributed by atoms with Gasteiger partial charge in [-0.15, -0.1) is 0 Å². The van der Waals surface area contributed by atoms with Crippen LogP contribution < -0.4 is 5.32 Å². The fraction of sp³-hybridized carbons (Fsp3) is 0.280. The summed E-state index contributed by atoms with van der Waals surface area (Å²) in [6, 6.07) is 18.3. The van der Waals surface area contributed by atoms with E-state index >= 15 is 0 Å². The predicted octanol–water partition coefficient (Wildman–Crippen LogP) is 3.81. The predicted molar refractivity (Wildman–Crippen MR) is 113 cm³/mol. The lowest BCUT2D eigenvalue weighted by atomic mass is 9.78. The number of rotatable bonds is 6.